The number of hydrogen-bond donors (Lipinski definition) is 2. The molecule has 19 heavy (non-hydrogen) atoms. The molecule has 2 unspecified atom stereocenters. The normalized spacial score (nSPS) is 22.3. The molecule has 0 bridgehead atoms. The van der Waals surface area contributed by atoms with E-state index >= 15 is 0 Å². The zero-order valence-corrected chi connectivity index (χ0v) is 11.3. The van der Waals surface area contributed by atoms with Crippen molar-refractivity contribution in [2.24, 2.45) is 5.92 Å². The van der Waals surface area contributed by atoms with E-state index in [4.69, 9.17) is 9.84 Å². The van der Waals surface area contributed by atoms with Crippen LogP contribution in [-0.2, 0) is 9.53 Å². The third kappa shape index (κ3) is 4.55. The highest BCUT2D eigenvalue weighted by molar-refractivity contribution is 5.78. The van der Waals surface area contributed by atoms with E-state index in [1.165, 1.54) is 0 Å². The summed E-state index contributed by atoms with van der Waals surface area (Å²) >= 11 is 0. The van der Waals surface area contributed by atoms with E-state index in [2.05, 4.69) is 11.9 Å². The van der Waals surface area contributed by atoms with E-state index in [1.54, 1.807) is 17.9 Å². The summed E-state index contributed by atoms with van der Waals surface area (Å²) in [6.45, 7) is 7.32. The van der Waals surface area contributed by atoms with Crippen molar-refractivity contribution in [2.45, 2.75) is 25.8 Å². The molecule has 1 aliphatic rings. The van der Waals surface area contributed by atoms with E-state index < -0.39 is 11.9 Å². The van der Waals surface area contributed by atoms with Crippen LogP contribution in [0.4, 0.5) is 4.79 Å². The molecule has 6 heteroatoms. The summed E-state index contributed by atoms with van der Waals surface area (Å²) in [6, 6.07) is -0.484. The predicted octanol–water partition coefficient (Wildman–Crippen LogP) is 1.08. The maximum atomic E-state index is 11.9. The van der Waals surface area contributed by atoms with E-state index in [0.29, 0.717) is 32.7 Å². The van der Waals surface area contributed by atoms with Crippen LogP contribution in [0.15, 0.2) is 12.7 Å². The lowest BCUT2D eigenvalue weighted by Gasteiger charge is -2.23. The first-order valence-electron chi connectivity index (χ1n) is 6.53. The molecular weight excluding hydrogens is 248 g/mol. The molecular formula is C13H22N2O4. The topological polar surface area (TPSA) is 78.9 Å². The molecule has 2 amide bonds. The number of hydrogen-bond acceptors (Lipinski definition) is 3. The summed E-state index contributed by atoms with van der Waals surface area (Å²) in [5.74, 6) is -1.30. The molecule has 2 atom stereocenters. The maximum absolute atomic E-state index is 11.9. The molecule has 6 nitrogen and oxygen atoms in total. The Morgan fingerprint density at radius 3 is 2.84 bits per heavy atom. The Balaban J connectivity index is 2.23. The summed E-state index contributed by atoms with van der Waals surface area (Å²) in [5, 5.41) is 11.7. The minimum absolute atomic E-state index is 0.219. The molecule has 1 aliphatic heterocycles. The van der Waals surface area contributed by atoms with Crippen molar-refractivity contribution in [3.05, 3.63) is 12.7 Å². The first-order chi connectivity index (χ1) is 9.07. The van der Waals surface area contributed by atoms with Crippen LogP contribution in [0.2, 0.25) is 0 Å². The lowest BCUT2D eigenvalue weighted by Crippen LogP contribution is -2.44. The average molecular weight is 270 g/mol. The molecule has 0 saturated carbocycles. The SMILES string of the molecule is C=CCCOCCNC(=O)N1CCC(C(=O)O)C1C. The highest BCUT2D eigenvalue weighted by Gasteiger charge is 2.37. The van der Waals surface area contributed by atoms with Gasteiger partial charge < -0.3 is 20.1 Å². The van der Waals surface area contributed by atoms with Gasteiger partial charge in [0.25, 0.3) is 0 Å². The Bertz CT molecular complexity index is 333. The minimum Gasteiger partial charge on any atom is -0.481 e. The number of carbonyl (C=O) groups is 2. The molecule has 1 heterocycles. The number of urea groups is 1. The van der Waals surface area contributed by atoms with Gasteiger partial charge in [0.2, 0.25) is 0 Å². The van der Waals surface area contributed by atoms with Crippen molar-refractivity contribution in [3.8, 4) is 0 Å². The van der Waals surface area contributed by atoms with Gasteiger partial charge in [-0.15, -0.1) is 6.58 Å². The van der Waals surface area contributed by atoms with Crippen molar-refractivity contribution in [2.75, 3.05) is 26.3 Å². The zero-order valence-electron chi connectivity index (χ0n) is 11.3. The Kier molecular flexibility index (Phi) is 6.35. The number of rotatable bonds is 7. The van der Waals surface area contributed by atoms with E-state index in [0.717, 1.165) is 6.42 Å². The van der Waals surface area contributed by atoms with Gasteiger partial charge in [-0.3, -0.25) is 4.79 Å². The molecule has 1 fully saturated rings. The summed E-state index contributed by atoms with van der Waals surface area (Å²) < 4.78 is 5.27. The molecule has 0 aromatic carbocycles. The largest absolute Gasteiger partial charge is 0.481 e. The van der Waals surface area contributed by atoms with Gasteiger partial charge in [-0.05, 0) is 19.8 Å². The number of ether oxygens (including phenoxy) is 1. The number of carboxylic acids is 1. The molecule has 0 aliphatic carbocycles. The quantitative estimate of drug-likeness (QED) is 0.536. The number of nitrogens with one attached hydrogen (secondary N) is 1. The predicted molar refractivity (Wildman–Crippen MR) is 70.9 cm³/mol. The van der Waals surface area contributed by atoms with E-state index in [1.807, 2.05) is 0 Å². The van der Waals surface area contributed by atoms with E-state index in [-0.39, 0.29) is 12.1 Å². The zero-order chi connectivity index (χ0) is 14.3. The van der Waals surface area contributed by atoms with Gasteiger partial charge in [0, 0.05) is 19.1 Å². The van der Waals surface area contributed by atoms with Crippen molar-refractivity contribution in [1.29, 1.82) is 0 Å². The van der Waals surface area contributed by atoms with E-state index in [9.17, 15) is 9.59 Å². The third-order valence-corrected chi connectivity index (χ3v) is 3.32. The second kappa shape index (κ2) is 7.78. The van der Waals surface area contributed by atoms with Gasteiger partial charge >= 0.3 is 12.0 Å². The lowest BCUT2D eigenvalue weighted by molar-refractivity contribution is -0.142. The molecule has 0 aromatic heterocycles. The number of carbonyl (C=O) groups excluding carboxylic acids is 1. The van der Waals surface area contributed by atoms with Crippen LogP contribution in [0, 0.1) is 5.92 Å². The van der Waals surface area contributed by atoms with Crippen molar-refractivity contribution < 1.29 is 19.4 Å². The molecule has 0 aromatic rings. The Morgan fingerprint density at radius 1 is 1.53 bits per heavy atom. The van der Waals surface area contributed by atoms with Crippen LogP contribution in [-0.4, -0.2) is 54.4 Å². The van der Waals surface area contributed by atoms with Gasteiger partial charge in [0.15, 0.2) is 0 Å². The fraction of sp³-hybridized carbons (Fsp3) is 0.692. The second-order valence-corrected chi connectivity index (χ2v) is 4.59. The van der Waals surface area contributed by atoms with Crippen molar-refractivity contribution >= 4 is 12.0 Å². The van der Waals surface area contributed by atoms with Crippen LogP contribution in [0.25, 0.3) is 0 Å². The Labute approximate surface area is 113 Å². The van der Waals surface area contributed by atoms with Gasteiger partial charge in [-0.1, -0.05) is 6.08 Å². The van der Waals surface area contributed by atoms with Crippen LogP contribution in [0.3, 0.4) is 0 Å². The number of nitrogens with zero attached hydrogens (tertiary/aromatic N) is 1. The van der Waals surface area contributed by atoms with Crippen LogP contribution in [0.5, 0.6) is 0 Å². The molecule has 108 valence electrons. The lowest BCUT2D eigenvalue weighted by atomic mass is 10.0. The highest BCUT2D eigenvalue weighted by Crippen LogP contribution is 2.23. The van der Waals surface area contributed by atoms with Gasteiger partial charge in [-0.25, -0.2) is 4.79 Å². The van der Waals surface area contributed by atoms with Gasteiger partial charge in [0.05, 0.1) is 19.1 Å². The number of likely N-dealkylation sites (tertiary alicyclic amines) is 1. The first-order valence-corrected chi connectivity index (χ1v) is 6.53. The summed E-state index contributed by atoms with van der Waals surface area (Å²) in [5.41, 5.74) is 0. The van der Waals surface area contributed by atoms with Crippen molar-refractivity contribution in [1.82, 2.24) is 10.2 Å². The number of aliphatic carboxylic acids is 1. The molecule has 1 rings (SSSR count). The maximum Gasteiger partial charge on any atom is 0.317 e. The van der Waals surface area contributed by atoms with Crippen LogP contribution < -0.4 is 5.32 Å². The third-order valence-electron chi connectivity index (χ3n) is 3.32. The first kappa shape index (κ1) is 15.5. The standard InChI is InChI=1S/C13H22N2O4/c1-3-4-8-19-9-6-14-13(18)15-7-5-11(10(15)2)12(16)17/h3,10-11H,1,4-9H2,2H3,(H,14,18)(H,16,17). The Hall–Kier alpha value is -1.56. The molecule has 0 radical (unpaired) electrons. The Morgan fingerprint density at radius 2 is 2.26 bits per heavy atom. The van der Waals surface area contributed by atoms with Crippen LogP contribution in [0.1, 0.15) is 19.8 Å². The molecule has 2 N–H and O–H groups in total. The average Bonchev–Trinajstić information content (AvgIpc) is 2.75. The molecule has 1 saturated heterocycles. The van der Waals surface area contributed by atoms with Gasteiger partial charge in [0.1, 0.15) is 0 Å². The van der Waals surface area contributed by atoms with Crippen molar-refractivity contribution in [3.63, 3.8) is 0 Å². The number of amides is 2. The van der Waals surface area contributed by atoms with Crippen LogP contribution >= 0.6 is 0 Å². The fourth-order valence-electron chi connectivity index (χ4n) is 2.16. The highest BCUT2D eigenvalue weighted by atomic mass is 16.5. The van der Waals surface area contributed by atoms with Gasteiger partial charge in [-0.2, -0.15) is 0 Å². The second-order valence-electron chi connectivity index (χ2n) is 4.59. The molecule has 0 spiro atoms. The summed E-state index contributed by atoms with van der Waals surface area (Å²) in [7, 11) is 0. The summed E-state index contributed by atoms with van der Waals surface area (Å²) in [4.78, 5) is 24.4. The fourth-order valence-corrected chi connectivity index (χ4v) is 2.16. The monoisotopic (exact) mass is 270 g/mol. The minimum atomic E-state index is -0.837. The summed E-state index contributed by atoms with van der Waals surface area (Å²) in [6.07, 6.45) is 3.08. The number of carboxylic acid groups (broad SMARTS) is 1. The smallest absolute Gasteiger partial charge is 0.317 e.